The van der Waals surface area contributed by atoms with E-state index in [2.05, 4.69) is 21.3 Å². The third kappa shape index (κ3) is 8.30. The summed E-state index contributed by atoms with van der Waals surface area (Å²) in [5, 5.41) is 37.6. The molecule has 0 bridgehead atoms. The average molecular weight is 599 g/mol. The van der Waals surface area contributed by atoms with Crippen LogP contribution < -0.4 is 21.3 Å². The smallest absolute Gasteiger partial charge is 0.407 e. The summed E-state index contributed by atoms with van der Waals surface area (Å²) in [6, 6.07) is 11.5. The lowest BCUT2D eigenvalue weighted by atomic mass is 9.97. The van der Waals surface area contributed by atoms with E-state index in [-0.39, 0.29) is 12.5 Å². The van der Waals surface area contributed by atoms with Gasteiger partial charge in [-0.25, -0.2) is 9.59 Å². The molecule has 1 aliphatic carbocycles. The van der Waals surface area contributed by atoms with Crippen molar-refractivity contribution in [1.82, 2.24) is 21.3 Å². The Hall–Kier alpha value is -4.49. The second-order valence-electron chi connectivity index (χ2n) is 10.4. The Morgan fingerprint density at radius 2 is 1.44 bits per heavy atom. The highest BCUT2D eigenvalue weighted by atomic mass is 16.5. The fraction of sp³-hybridized carbons (Fsp3) is 0.433. The van der Waals surface area contributed by atoms with Crippen molar-refractivity contribution < 1.29 is 44.0 Å². The molecule has 0 spiro atoms. The third-order valence-corrected chi connectivity index (χ3v) is 7.41. The highest BCUT2D eigenvalue weighted by Crippen LogP contribution is 2.44. The van der Waals surface area contributed by atoms with E-state index in [0.29, 0.717) is 6.42 Å². The van der Waals surface area contributed by atoms with Crippen LogP contribution in [0, 0.1) is 5.92 Å². The van der Waals surface area contributed by atoms with Crippen molar-refractivity contribution in [3.05, 3.63) is 59.7 Å². The molecule has 3 rings (SSSR count). The molecule has 0 radical (unpaired) electrons. The van der Waals surface area contributed by atoms with E-state index in [1.165, 1.54) is 6.92 Å². The summed E-state index contributed by atoms with van der Waals surface area (Å²) in [4.78, 5) is 61.9. The van der Waals surface area contributed by atoms with Gasteiger partial charge in [-0.2, -0.15) is 0 Å². The number of carbonyl (C=O) groups excluding carboxylic acids is 4. The number of carboxylic acid groups (broad SMARTS) is 1. The van der Waals surface area contributed by atoms with Crippen molar-refractivity contribution >= 4 is 29.8 Å². The number of hydrogen-bond acceptors (Lipinski definition) is 8. The molecule has 13 nitrogen and oxygen atoms in total. The molecule has 0 aliphatic heterocycles. The second kappa shape index (κ2) is 15.1. The summed E-state index contributed by atoms with van der Waals surface area (Å²) in [7, 11) is 0. The Balaban J connectivity index is 1.61. The van der Waals surface area contributed by atoms with Crippen LogP contribution in [0.2, 0.25) is 0 Å². The molecule has 0 saturated carbocycles. The zero-order valence-electron chi connectivity index (χ0n) is 24.2. The Kier molecular flexibility index (Phi) is 11.6. The molecule has 0 fully saturated rings. The zero-order valence-corrected chi connectivity index (χ0v) is 24.2. The Bertz CT molecular complexity index is 1290. The second-order valence-corrected chi connectivity index (χ2v) is 10.4. The van der Waals surface area contributed by atoms with Gasteiger partial charge >= 0.3 is 12.1 Å². The molecule has 2 aromatic rings. The first-order valence-corrected chi connectivity index (χ1v) is 14.0. The predicted octanol–water partition coefficient (Wildman–Crippen LogP) is 0.483. The van der Waals surface area contributed by atoms with Crippen molar-refractivity contribution in [2.45, 2.75) is 57.3 Å². The largest absolute Gasteiger partial charge is 0.480 e. The molecule has 0 unspecified atom stereocenters. The molecule has 232 valence electrons. The fourth-order valence-corrected chi connectivity index (χ4v) is 4.83. The number of carboxylic acids is 1. The third-order valence-electron chi connectivity index (χ3n) is 7.41. The summed E-state index contributed by atoms with van der Waals surface area (Å²) in [6.45, 7) is 3.32. The molecule has 5 atom stereocenters. The summed E-state index contributed by atoms with van der Waals surface area (Å²) in [5.41, 5.74) is 4.12. The first-order chi connectivity index (χ1) is 20.5. The Morgan fingerprint density at radius 3 is 1.95 bits per heavy atom. The molecule has 0 heterocycles. The van der Waals surface area contributed by atoms with Crippen LogP contribution in [-0.4, -0.2) is 89.1 Å². The van der Waals surface area contributed by atoms with Gasteiger partial charge in [-0.1, -0.05) is 68.8 Å². The lowest BCUT2D eigenvalue weighted by Crippen LogP contribution is -2.59. The molecule has 13 heteroatoms. The van der Waals surface area contributed by atoms with Gasteiger partial charge in [-0.3, -0.25) is 14.4 Å². The molecule has 43 heavy (non-hydrogen) atoms. The molecule has 0 aromatic heterocycles. The number of aliphatic carboxylic acids is 1. The number of hydrogen-bond donors (Lipinski definition) is 7. The van der Waals surface area contributed by atoms with Crippen LogP contribution in [0.25, 0.3) is 11.1 Å². The SMILES string of the molecule is CC[C@@H](C)[C@@H](NC(=O)[C@H](NC(=O)OCC1c2ccccc2-c2ccccc21)[C@H](C)O)C(=O)NCC(=O)N[C@H](CO)C(=O)O. The van der Waals surface area contributed by atoms with E-state index in [9.17, 15) is 29.1 Å². The number of fused-ring (bicyclic) bond motifs is 3. The van der Waals surface area contributed by atoms with Gasteiger partial charge in [0.2, 0.25) is 17.7 Å². The van der Waals surface area contributed by atoms with Crippen LogP contribution >= 0.6 is 0 Å². The first-order valence-electron chi connectivity index (χ1n) is 14.0. The van der Waals surface area contributed by atoms with Gasteiger partial charge in [-0.05, 0) is 35.1 Å². The maximum absolute atomic E-state index is 13.1. The predicted molar refractivity (Wildman–Crippen MR) is 155 cm³/mol. The maximum Gasteiger partial charge on any atom is 0.407 e. The van der Waals surface area contributed by atoms with E-state index < -0.39 is 73.1 Å². The molecule has 4 amide bonds. The first kappa shape index (κ1) is 33.0. The van der Waals surface area contributed by atoms with Crippen LogP contribution in [0.15, 0.2) is 48.5 Å². The van der Waals surface area contributed by atoms with Crippen molar-refractivity contribution in [1.29, 1.82) is 0 Å². The number of amides is 4. The summed E-state index contributed by atoms with van der Waals surface area (Å²) in [6.07, 6.45) is -1.82. The van der Waals surface area contributed by atoms with Crippen molar-refractivity contribution in [2.24, 2.45) is 5.92 Å². The fourth-order valence-electron chi connectivity index (χ4n) is 4.83. The molecule has 1 aliphatic rings. The number of ether oxygens (including phenoxy) is 1. The minimum Gasteiger partial charge on any atom is -0.480 e. The molecular formula is C30H38N4O9. The van der Waals surface area contributed by atoms with Crippen LogP contribution in [0.1, 0.15) is 44.2 Å². The van der Waals surface area contributed by atoms with Crippen molar-refractivity contribution in [3.8, 4) is 11.1 Å². The molecule has 0 saturated heterocycles. The number of rotatable bonds is 14. The molecular weight excluding hydrogens is 560 g/mol. The van der Waals surface area contributed by atoms with Crippen molar-refractivity contribution in [3.63, 3.8) is 0 Å². The number of aliphatic hydroxyl groups excluding tert-OH is 2. The van der Waals surface area contributed by atoms with Crippen LogP contribution in [0.4, 0.5) is 4.79 Å². The van der Waals surface area contributed by atoms with Gasteiger partial charge in [-0.15, -0.1) is 0 Å². The number of benzene rings is 2. The zero-order chi connectivity index (χ0) is 31.7. The van der Waals surface area contributed by atoms with E-state index in [1.54, 1.807) is 13.8 Å². The van der Waals surface area contributed by atoms with E-state index in [4.69, 9.17) is 14.9 Å². The lowest BCUT2D eigenvalue weighted by molar-refractivity contribution is -0.142. The van der Waals surface area contributed by atoms with Crippen molar-refractivity contribution in [2.75, 3.05) is 19.8 Å². The monoisotopic (exact) mass is 598 g/mol. The topological polar surface area (TPSA) is 203 Å². The number of alkyl carbamates (subject to hydrolysis) is 1. The van der Waals surface area contributed by atoms with Gasteiger partial charge in [0.25, 0.3) is 0 Å². The van der Waals surface area contributed by atoms with Crippen LogP contribution in [0.3, 0.4) is 0 Å². The summed E-state index contributed by atoms with van der Waals surface area (Å²) >= 11 is 0. The highest BCUT2D eigenvalue weighted by Gasteiger charge is 2.34. The number of aliphatic hydroxyl groups is 2. The summed E-state index contributed by atoms with van der Waals surface area (Å²) in [5.74, 6) is -4.52. The standard InChI is InChI=1S/C30H38N4O9/c1-4-16(2)25(27(38)31-13-24(37)32-23(14-35)29(40)41)33-28(39)26(17(3)36)34-30(42)43-15-22-20-11-7-5-9-18(20)19-10-6-8-12-21(19)22/h5-12,16-17,22-23,25-26,35-36H,4,13-15H2,1-3H3,(H,31,38)(H,32,37)(H,33,39)(H,34,42)(H,40,41)/t16-,17+,23-,25-,26-/m1/s1. The van der Waals surface area contributed by atoms with Gasteiger partial charge in [0.1, 0.15) is 24.7 Å². The normalized spacial score (nSPS) is 15.5. The van der Waals surface area contributed by atoms with E-state index >= 15 is 0 Å². The maximum atomic E-state index is 13.1. The Labute approximate surface area is 249 Å². The minimum atomic E-state index is -1.54. The Morgan fingerprint density at radius 1 is 0.860 bits per heavy atom. The van der Waals surface area contributed by atoms with E-state index in [0.717, 1.165) is 22.3 Å². The highest BCUT2D eigenvalue weighted by molar-refractivity contribution is 5.94. The average Bonchev–Trinajstić information content (AvgIpc) is 3.31. The van der Waals surface area contributed by atoms with Gasteiger partial charge < -0.3 is 41.3 Å². The van der Waals surface area contributed by atoms with Gasteiger partial charge in [0.15, 0.2) is 0 Å². The number of carbonyl (C=O) groups is 5. The van der Waals surface area contributed by atoms with E-state index in [1.807, 2.05) is 48.5 Å². The summed E-state index contributed by atoms with van der Waals surface area (Å²) < 4.78 is 5.49. The van der Waals surface area contributed by atoms with Gasteiger partial charge in [0.05, 0.1) is 19.3 Å². The lowest BCUT2D eigenvalue weighted by Gasteiger charge is -2.27. The number of nitrogens with one attached hydrogen (secondary N) is 4. The minimum absolute atomic E-state index is 0.00696. The van der Waals surface area contributed by atoms with Crippen LogP contribution in [-0.2, 0) is 23.9 Å². The van der Waals surface area contributed by atoms with Gasteiger partial charge in [0, 0.05) is 5.92 Å². The van der Waals surface area contributed by atoms with Crippen LogP contribution in [0.5, 0.6) is 0 Å². The quantitative estimate of drug-likeness (QED) is 0.161. The molecule has 2 aromatic carbocycles. The molecule has 7 N–H and O–H groups in total.